The minimum absolute atomic E-state index is 0.153. The molecule has 8 heteroatoms. The molecule has 1 aliphatic heterocycles. The van der Waals surface area contributed by atoms with E-state index in [1.165, 1.54) is 0 Å². The fraction of sp³-hybridized carbons (Fsp3) is 0.250. The minimum atomic E-state index is -0.332. The van der Waals surface area contributed by atoms with E-state index in [9.17, 15) is 4.79 Å². The first-order valence-electron chi connectivity index (χ1n) is 9.11. The molecule has 1 aliphatic rings. The van der Waals surface area contributed by atoms with Gasteiger partial charge in [0.2, 0.25) is 0 Å². The van der Waals surface area contributed by atoms with Gasteiger partial charge in [0.15, 0.2) is 0 Å². The van der Waals surface area contributed by atoms with E-state index in [0.29, 0.717) is 18.8 Å². The predicted octanol–water partition coefficient (Wildman–Crippen LogP) is 3.14. The van der Waals surface area contributed by atoms with Crippen molar-refractivity contribution in [2.45, 2.75) is 5.25 Å². The highest BCUT2D eigenvalue weighted by Gasteiger charge is 2.23. The molecule has 28 heavy (non-hydrogen) atoms. The van der Waals surface area contributed by atoms with Crippen LogP contribution in [-0.4, -0.2) is 52.1 Å². The van der Waals surface area contributed by atoms with Gasteiger partial charge in [0.25, 0.3) is 0 Å². The molecule has 3 aromatic rings. The van der Waals surface area contributed by atoms with Crippen molar-refractivity contribution in [1.29, 1.82) is 0 Å². The summed E-state index contributed by atoms with van der Waals surface area (Å²) in [5.74, 6) is 2.23. The van der Waals surface area contributed by atoms with Crippen LogP contribution in [0.1, 0.15) is 16.6 Å². The second-order valence-corrected chi connectivity index (χ2v) is 6.99. The van der Waals surface area contributed by atoms with Crippen molar-refractivity contribution >= 4 is 24.5 Å². The molecule has 1 fully saturated rings. The maximum Gasteiger partial charge on any atom is 0.415 e. The van der Waals surface area contributed by atoms with Crippen LogP contribution < -0.4 is 9.64 Å². The standard InChI is InChI=1S/C20H21N5O2S/c26-20(25-13-11-24(12-14-25)17-3-1-2-8-21-17)27-16-6-4-15(5-7-16)18(28)19-22-9-10-23-19/h1-10,18,28H,11-14H2,(H,22,23). The van der Waals surface area contributed by atoms with Gasteiger partial charge in [-0.05, 0) is 29.8 Å². The summed E-state index contributed by atoms with van der Waals surface area (Å²) >= 11 is 4.58. The van der Waals surface area contributed by atoms with Crippen molar-refractivity contribution in [3.8, 4) is 5.75 Å². The van der Waals surface area contributed by atoms with Gasteiger partial charge < -0.3 is 19.5 Å². The number of anilines is 1. The summed E-state index contributed by atoms with van der Waals surface area (Å²) in [6, 6.07) is 13.2. The summed E-state index contributed by atoms with van der Waals surface area (Å²) < 4.78 is 5.52. The lowest BCUT2D eigenvalue weighted by Crippen LogP contribution is -2.49. The van der Waals surface area contributed by atoms with Gasteiger partial charge in [0.05, 0.1) is 5.25 Å². The third-order valence-corrected chi connectivity index (χ3v) is 5.23. The topological polar surface area (TPSA) is 74.3 Å². The predicted molar refractivity (Wildman–Crippen MR) is 110 cm³/mol. The normalized spacial score (nSPS) is 15.3. The van der Waals surface area contributed by atoms with Gasteiger partial charge in [-0.3, -0.25) is 0 Å². The second kappa shape index (κ2) is 8.35. The molecule has 3 heterocycles. The zero-order chi connectivity index (χ0) is 19.3. The van der Waals surface area contributed by atoms with Crippen LogP contribution in [0.3, 0.4) is 0 Å². The van der Waals surface area contributed by atoms with E-state index in [0.717, 1.165) is 30.3 Å². The highest BCUT2D eigenvalue weighted by atomic mass is 32.1. The molecular formula is C20H21N5O2S. The average Bonchev–Trinajstić information content (AvgIpc) is 3.29. The summed E-state index contributed by atoms with van der Waals surface area (Å²) in [6.45, 7) is 2.67. The van der Waals surface area contributed by atoms with Gasteiger partial charge >= 0.3 is 6.09 Å². The van der Waals surface area contributed by atoms with Crippen LogP contribution in [0, 0.1) is 0 Å². The first-order valence-corrected chi connectivity index (χ1v) is 9.62. The number of hydrogen-bond acceptors (Lipinski definition) is 6. The number of hydrogen-bond donors (Lipinski definition) is 2. The van der Waals surface area contributed by atoms with Gasteiger partial charge in [-0.15, -0.1) is 0 Å². The number of thiol groups is 1. The summed E-state index contributed by atoms with van der Waals surface area (Å²) in [4.78, 5) is 28.0. The summed E-state index contributed by atoms with van der Waals surface area (Å²) in [6.07, 6.45) is 4.91. The average molecular weight is 395 g/mol. The highest BCUT2D eigenvalue weighted by Crippen LogP contribution is 2.27. The fourth-order valence-electron chi connectivity index (χ4n) is 3.13. The number of amides is 1. The molecule has 2 aromatic heterocycles. The minimum Gasteiger partial charge on any atom is -0.410 e. The van der Waals surface area contributed by atoms with E-state index in [1.54, 1.807) is 35.6 Å². The van der Waals surface area contributed by atoms with Crippen LogP contribution in [0.5, 0.6) is 5.75 Å². The Bertz CT molecular complexity index is 894. The second-order valence-electron chi connectivity index (χ2n) is 6.48. The monoisotopic (exact) mass is 395 g/mol. The van der Waals surface area contributed by atoms with Crippen molar-refractivity contribution in [3.05, 3.63) is 72.4 Å². The van der Waals surface area contributed by atoms with E-state index < -0.39 is 0 Å². The number of ether oxygens (including phenoxy) is 1. The number of carbonyl (C=O) groups is 1. The van der Waals surface area contributed by atoms with Gasteiger partial charge in [0, 0.05) is 44.8 Å². The third kappa shape index (κ3) is 4.12. The molecule has 1 amide bonds. The van der Waals surface area contributed by atoms with Crippen LogP contribution in [0.2, 0.25) is 0 Å². The van der Waals surface area contributed by atoms with Crippen LogP contribution in [0.15, 0.2) is 61.1 Å². The van der Waals surface area contributed by atoms with E-state index in [1.807, 2.05) is 30.3 Å². The Morgan fingerprint density at radius 3 is 2.46 bits per heavy atom. The number of nitrogens with one attached hydrogen (secondary N) is 1. The number of imidazole rings is 1. The van der Waals surface area contributed by atoms with Gasteiger partial charge in [-0.1, -0.05) is 18.2 Å². The van der Waals surface area contributed by atoms with Gasteiger partial charge in [0.1, 0.15) is 17.4 Å². The Kier molecular flexibility index (Phi) is 5.48. The molecule has 144 valence electrons. The lowest BCUT2D eigenvalue weighted by atomic mass is 10.1. The molecule has 1 atom stereocenters. The van der Waals surface area contributed by atoms with E-state index in [2.05, 4.69) is 32.5 Å². The smallest absolute Gasteiger partial charge is 0.410 e. The molecule has 0 radical (unpaired) electrons. The number of nitrogens with zero attached hydrogens (tertiary/aromatic N) is 4. The van der Waals surface area contributed by atoms with Crippen molar-refractivity contribution in [1.82, 2.24) is 19.9 Å². The third-order valence-electron chi connectivity index (χ3n) is 4.69. The molecular weight excluding hydrogens is 374 g/mol. The number of aromatic amines is 1. The van der Waals surface area contributed by atoms with Gasteiger partial charge in [-0.2, -0.15) is 12.6 Å². The van der Waals surface area contributed by atoms with Crippen molar-refractivity contribution in [2.24, 2.45) is 0 Å². The Morgan fingerprint density at radius 1 is 1.04 bits per heavy atom. The SMILES string of the molecule is O=C(Oc1ccc(C(S)c2ncc[nH]2)cc1)N1CCN(c2ccccn2)CC1. The highest BCUT2D eigenvalue weighted by molar-refractivity contribution is 7.80. The van der Waals surface area contributed by atoms with E-state index in [-0.39, 0.29) is 11.3 Å². The Balaban J connectivity index is 1.32. The molecule has 1 saturated heterocycles. The number of piperazine rings is 1. The molecule has 4 rings (SSSR count). The first kappa shape index (κ1) is 18.4. The van der Waals surface area contributed by atoms with Crippen LogP contribution in [-0.2, 0) is 0 Å². The molecule has 0 bridgehead atoms. The Hall–Kier alpha value is -3.00. The number of benzene rings is 1. The quantitative estimate of drug-likeness (QED) is 0.664. The summed E-state index contributed by atoms with van der Waals surface area (Å²) in [7, 11) is 0. The zero-order valence-electron chi connectivity index (χ0n) is 15.2. The number of H-pyrrole nitrogens is 1. The van der Waals surface area contributed by atoms with Crippen LogP contribution in [0.25, 0.3) is 0 Å². The Labute approximate surface area is 168 Å². The van der Waals surface area contributed by atoms with Crippen molar-refractivity contribution in [2.75, 3.05) is 31.1 Å². The maximum atomic E-state index is 12.5. The molecule has 1 unspecified atom stereocenters. The fourth-order valence-corrected chi connectivity index (χ4v) is 3.44. The Morgan fingerprint density at radius 2 is 1.82 bits per heavy atom. The van der Waals surface area contributed by atoms with Crippen molar-refractivity contribution < 1.29 is 9.53 Å². The number of carbonyl (C=O) groups excluding carboxylic acids is 1. The van der Waals surface area contributed by atoms with Crippen LogP contribution in [0.4, 0.5) is 10.6 Å². The van der Waals surface area contributed by atoms with Gasteiger partial charge in [-0.25, -0.2) is 14.8 Å². The molecule has 1 aromatic carbocycles. The molecule has 1 N–H and O–H groups in total. The van der Waals surface area contributed by atoms with E-state index >= 15 is 0 Å². The number of rotatable bonds is 4. The largest absolute Gasteiger partial charge is 0.415 e. The summed E-state index contributed by atoms with van der Waals surface area (Å²) in [5.41, 5.74) is 0.974. The summed E-state index contributed by atoms with van der Waals surface area (Å²) in [5, 5.41) is -0.153. The molecule has 0 aliphatic carbocycles. The number of aromatic nitrogens is 3. The molecule has 7 nitrogen and oxygen atoms in total. The zero-order valence-corrected chi connectivity index (χ0v) is 16.1. The number of pyridine rings is 1. The first-order chi connectivity index (χ1) is 13.7. The van der Waals surface area contributed by atoms with Crippen molar-refractivity contribution in [3.63, 3.8) is 0 Å². The van der Waals surface area contributed by atoms with E-state index in [4.69, 9.17) is 4.74 Å². The lowest BCUT2D eigenvalue weighted by Gasteiger charge is -2.34. The molecule has 0 saturated carbocycles. The maximum absolute atomic E-state index is 12.5. The van der Waals surface area contributed by atoms with Crippen LogP contribution >= 0.6 is 12.6 Å². The lowest BCUT2D eigenvalue weighted by molar-refractivity contribution is 0.149. The molecule has 0 spiro atoms.